The number of methoxy groups -OCH3 is 1. The zero-order valence-corrected chi connectivity index (χ0v) is 15.2. The second-order valence-corrected chi connectivity index (χ2v) is 6.11. The molecule has 0 spiro atoms. The number of benzene rings is 1. The summed E-state index contributed by atoms with van der Waals surface area (Å²) in [7, 11) is 1.66. The molecule has 2 rings (SSSR count). The Morgan fingerprint density at radius 1 is 1.29 bits per heavy atom. The highest BCUT2D eigenvalue weighted by Crippen LogP contribution is 2.36. The first kappa shape index (κ1) is 18.3. The Morgan fingerprint density at radius 2 is 2.10 bits per heavy atom. The third kappa shape index (κ3) is 5.18. The second-order valence-electron chi connectivity index (χ2n) is 4.22. The molecule has 1 aromatic carbocycles. The monoisotopic (exact) mass is 391 g/mol. The standard InChI is InChI=1S/C15H18BrNO2S.ClH/c1-3-19-15-13(16)7-11(8-14(15)18-2)9-17-10-12-5-4-6-20-12;/h4-8,17H,3,9-10H2,1-2H3;1H. The third-order valence-corrected chi connectivity index (χ3v) is 4.25. The fraction of sp³-hybridized carbons (Fsp3) is 0.333. The summed E-state index contributed by atoms with van der Waals surface area (Å²) in [6.07, 6.45) is 0. The molecule has 0 fully saturated rings. The molecule has 0 saturated carbocycles. The van der Waals surface area contributed by atoms with Crippen molar-refractivity contribution in [2.75, 3.05) is 13.7 Å². The van der Waals surface area contributed by atoms with Crippen LogP contribution in [-0.2, 0) is 13.1 Å². The van der Waals surface area contributed by atoms with Crippen molar-refractivity contribution < 1.29 is 9.47 Å². The fourth-order valence-electron chi connectivity index (χ4n) is 1.90. The van der Waals surface area contributed by atoms with Gasteiger partial charge < -0.3 is 14.8 Å². The van der Waals surface area contributed by atoms with Crippen molar-refractivity contribution in [3.63, 3.8) is 0 Å². The average Bonchev–Trinajstić information content (AvgIpc) is 2.94. The Balaban J connectivity index is 0.00000220. The molecular formula is C15H19BrClNO2S. The molecule has 1 N–H and O–H groups in total. The molecule has 116 valence electrons. The molecular weight excluding hydrogens is 374 g/mol. The van der Waals surface area contributed by atoms with Crippen LogP contribution in [-0.4, -0.2) is 13.7 Å². The van der Waals surface area contributed by atoms with Gasteiger partial charge in [-0.15, -0.1) is 23.7 Å². The summed E-state index contributed by atoms with van der Waals surface area (Å²) in [6, 6.07) is 8.27. The van der Waals surface area contributed by atoms with Crippen LogP contribution < -0.4 is 14.8 Å². The van der Waals surface area contributed by atoms with E-state index in [9.17, 15) is 0 Å². The summed E-state index contributed by atoms with van der Waals surface area (Å²) in [4.78, 5) is 1.34. The van der Waals surface area contributed by atoms with Gasteiger partial charge in [0.2, 0.25) is 0 Å². The SMILES string of the molecule is CCOc1c(Br)cc(CNCc2cccs2)cc1OC.Cl. The highest BCUT2D eigenvalue weighted by atomic mass is 79.9. The minimum atomic E-state index is 0. The zero-order chi connectivity index (χ0) is 14.4. The molecule has 0 bridgehead atoms. The molecule has 0 radical (unpaired) electrons. The van der Waals surface area contributed by atoms with Gasteiger partial charge in [0.05, 0.1) is 18.2 Å². The summed E-state index contributed by atoms with van der Waals surface area (Å²) in [6.45, 7) is 4.25. The van der Waals surface area contributed by atoms with E-state index in [1.165, 1.54) is 4.88 Å². The van der Waals surface area contributed by atoms with Crippen LogP contribution in [0.5, 0.6) is 11.5 Å². The van der Waals surface area contributed by atoms with Crippen molar-refractivity contribution in [1.29, 1.82) is 0 Å². The predicted molar refractivity (Wildman–Crippen MR) is 94.0 cm³/mol. The van der Waals surface area contributed by atoms with Crippen LogP contribution >= 0.6 is 39.7 Å². The summed E-state index contributed by atoms with van der Waals surface area (Å²) in [5.74, 6) is 1.52. The lowest BCUT2D eigenvalue weighted by molar-refractivity contribution is 0.308. The molecule has 0 saturated heterocycles. The highest BCUT2D eigenvalue weighted by molar-refractivity contribution is 9.10. The Kier molecular flexibility index (Phi) is 8.11. The van der Waals surface area contributed by atoms with E-state index in [0.717, 1.165) is 34.6 Å². The molecule has 0 aliphatic carbocycles. The van der Waals surface area contributed by atoms with Crippen LogP contribution in [0.4, 0.5) is 0 Å². The minimum Gasteiger partial charge on any atom is -0.493 e. The van der Waals surface area contributed by atoms with Crippen LogP contribution in [0.1, 0.15) is 17.4 Å². The first-order chi connectivity index (χ1) is 9.74. The molecule has 0 atom stereocenters. The van der Waals surface area contributed by atoms with Crippen LogP contribution in [0, 0.1) is 0 Å². The zero-order valence-electron chi connectivity index (χ0n) is 12.0. The van der Waals surface area contributed by atoms with Gasteiger partial charge in [0.25, 0.3) is 0 Å². The van der Waals surface area contributed by atoms with E-state index in [0.29, 0.717) is 6.61 Å². The average molecular weight is 393 g/mol. The van der Waals surface area contributed by atoms with Crippen LogP contribution in [0.3, 0.4) is 0 Å². The predicted octanol–water partition coefficient (Wildman–Crippen LogP) is 4.63. The minimum absolute atomic E-state index is 0. The van der Waals surface area contributed by atoms with Crippen LogP contribution in [0.15, 0.2) is 34.1 Å². The van der Waals surface area contributed by atoms with Crippen LogP contribution in [0.25, 0.3) is 0 Å². The third-order valence-electron chi connectivity index (χ3n) is 2.79. The van der Waals surface area contributed by atoms with E-state index in [1.807, 2.05) is 13.0 Å². The van der Waals surface area contributed by atoms with Crippen molar-refractivity contribution in [3.8, 4) is 11.5 Å². The van der Waals surface area contributed by atoms with Gasteiger partial charge in [-0.25, -0.2) is 0 Å². The number of hydrogen-bond donors (Lipinski definition) is 1. The lowest BCUT2D eigenvalue weighted by Crippen LogP contribution is -2.12. The van der Waals surface area contributed by atoms with Gasteiger partial charge in [0, 0.05) is 18.0 Å². The van der Waals surface area contributed by atoms with Gasteiger partial charge in [-0.3, -0.25) is 0 Å². The molecule has 21 heavy (non-hydrogen) atoms. The lowest BCUT2D eigenvalue weighted by Gasteiger charge is -2.13. The number of thiophene rings is 1. The molecule has 2 aromatic rings. The van der Waals surface area contributed by atoms with E-state index in [2.05, 4.69) is 44.8 Å². The van der Waals surface area contributed by atoms with Gasteiger partial charge in [0.15, 0.2) is 11.5 Å². The normalized spacial score (nSPS) is 10.0. The molecule has 0 unspecified atom stereocenters. The molecule has 0 aliphatic heterocycles. The Morgan fingerprint density at radius 3 is 2.71 bits per heavy atom. The van der Waals surface area contributed by atoms with E-state index in [4.69, 9.17) is 9.47 Å². The molecule has 0 amide bonds. The van der Waals surface area contributed by atoms with Crippen LogP contribution in [0.2, 0.25) is 0 Å². The molecule has 0 aliphatic rings. The Bertz CT molecular complexity index is 549. The fourth-order valence-corrected chi connectivity index (χ4v) is 3.18. The van der Waals surface area contributed by atoms with Crippen molar-refractivity contribution >= 4 is 39.7 Å². The van der Waals surface area contributed by atoms with Crippen molar-refractivity contribution in [2.45, 2.75) is 20.0 Å². The summed E-state index contributed by atoms with van der Waals surface area (Å²) < 4.78 is 11.9. The Labute approximate surface area is 144 Å². The molecule has 6 heteroatoms. The first-order valence-corrected chi connectivity index (χ1v) is 8.14. The smallest absolute Gasteiger partial charge is 0.175 e. The summed E-state index contributed by atoms with van der Waals surface area (Å²) >= 11 is 5.30. The lowest BCUT2D eigenvalue weighted by atomic mass is 10.2. The van der Waals surface area contributed by atoms with E-state index >= 15 is 0 Å². The largest absolute Gasteiger partial charge is 0.493 e. The topological polar surface area (TPSA) is 30.5 Å². The number of hydrogen-bond acceptors (Lipinski definition) is 4. The maximum Gasteiger partial charge on any atom is 0.175 e. The highest BCUT2D eigenvalue weighted by Gasteiger charge is 2.11. The quantitative estimate of drug-likeness (QED) is 0.745. The van der Waals surface area contributed by atoms with Crippen molar-refractivity contribution in [2.24, 2.45) is 0 Å². The molecule has 1 heterocycles. The number of rotatable bonds is 7. The van der Waals surface area contributed by atoms with E-state index in [-0.39, 0.29) is 12.4 Å². The maximum absolute atomic E-state index is 5.59. The number of ether oxygens (including phenoxy) is 2. The van der Waals surface area contributed by atoms with Gasteiger partial charge in [0.1, 0.15) is 0 Å². The van der Waals surface area contributed by atoms with Crippen molar-refractivity contribution in [1.82, 2.24) is 5.32 Å². The maximum atomic E-state index is 5.59. The number of nitrogens with one attached hydrogen (secondary N) is 1. The first-order valence-electron chi connectivity index (χ1n) is 6.47. The summed E-state index contributed by atoms with van der Waals surface area (Å²) in [5, 5.41) is 5.52. The van der Waals surface area contributed by atoms with Gasteiger partial charge in [-0.2, -0.15) is 0 Å². The summed E-state index contributed by atoms with van der Waals surface area (Å²) in [5.41, 5.74) is 1.16. The van der Waals surface area contributed by atoms with Crippen molar-refractivity contribution in [3.05, 3.63) is 44.6 Å². The second kappa shape index (κ2) is 9.30. The van der Waals surface area contributed by atoms with Gasteiger partial charge in [-0.1, -0.05) is 6.07 Å². The van der Waals surface area contributed by atoms with E-state index < -0.39 is 0 Å². The molecule has 3 nitrogen and oxygen atoms in total. The molecule has 1 aromatic heterocycles. The Hall–Kier alpha value is -0.750. The number of halogens is 2. The van der Waals surface area contributed by atoms with E-state index in [1.54, 1.807) is 18.4 Å². The van der Waals surface area contributed by atoms with Gasteiger partial charge >= 0.3 is 0 Å². The van der Waals surface area contributed by atoms with Gasteiger partial charge in [-0.05, 0) is 52.0 Å².